The van der Waals surface area contributed by atoms with Gasteiger partial charge in [0.1, 0.15) is 17.6 Å². The Balaban J connectivity index is 2.52. The maximum absolute atomic E-state index is 12.9. The maximum atomic E-state index is 12.9. The van der Waals surface area contributed by atoms with Gasteiger partial charge in [0.05, 0.1) is 0 Å². The average Bonchev–Trinajstić information content (AvgIpc) is 2.41. The van der Waals surface area contributed by atoms with E-state index in [0.717, 1.165) is 6.07 Å². The molecule has 0 radical (unpaired) electrons. The standard InChI is InChI=1S/C14H18FNO4/c1-3-9(2)13(14(18)19)16-12(17)8-20-11-6-4-5-10(15)7-11/h4-7,9,13H,3,8H2,1-2H3,(H,16,17)(H,18,19)/t9-,13-/m0/s1. The first-order valence-electron chi connectivity index (χ1n) is 6.34. The Morgan fingerprint density at radius 3 is 2.70 bits per heavy atom. The van der Waals surface area contributed by atoms with Crippen molar-refractivity contribution in [3.05, 3.63) is 30.1 Å². The number of ether oxygens (including phenoxy) is 1. The van der Waals surface area contributed by atoms with Crippen molar-refractivity contribution in [2.45, 2.75) is 26.3 Å². The zero-order chi connectivity index (χ0) is 15.1. The molecule has 0 saturated carbocycles. The molecule has 0 heterocycles. The lowest BCUT2D eigenvalue weighted by Gasteiger charge is -2.20. The zero-order valence-corrected chi connectivity index (χ0v) is 11.4. The van der Waals surface area contributed by atoms with Gasteiger partial charge in [-0.05, 0) is 18.1 Å². The normalized spacial score (nSPS) is 13.3. The Morgan fingerprint density at radius 1 is 1.45 bits per heavy atom. The van der Waals surface area contributed by atoms with Crippen molar-refractivity contribution in [1.29, 1.82) is 0 Å². The number of nitrogens with one attached hydrogen (secondary N) is 1. The average molecular weight is 283 g/mol. The fourth-order valence-corrected chi connectivity index (χ4v) is 1.60. The highest BCUT2D eigenvalue weighted by atomic mass is 19.1. The summed E-state index contributed by atoms with van der Waals surface area (Å²) in [5.74, 6) is -2.08. The predicted octanol–water partition coefficient (Wildman–Crippen LogP) is 1.82. The second-order valence-corrected chi connectivity index (χ2v) is 4.52. The Hall–Kier alpha value is -2.11. The van der Waals surface area contributed by atoms with Crippen molar-refractivity contribution in [2.24, 2.45) is 5.92 Å². The van der Waals surface area contributed by atoms with Crippen LogP contribution in [-0.4, -0.2) is 29.6 Å². The molecule has 1 rings (SSSR count). The molecule has 0 aliphatic rings. The highest BCUT2D eigenvalue weighted by Gasteiger charge is 2.25. The molecule has 2 atom stereocenters. The van der Waals surface area contributed by atoms with Gasteiger partial charge in [0.2, 0.25) is 0 Å². The minimum absolute atomic E-state index is 0.189. The van der Waals surface area contributed by atoms with Crippen LogP contribution in [0.1, 0.15) is 20.3 Å². The number of carbonyl (C=O) groups is 2. The number of rotatable bonds is 7. The molecule has 5 nitrogen and oxygen atoms in total. The highest BCUT2D eigenvalue weighted by Crippen LogP contribution is 2.12. The highest BCUT2D eigenvalue weighted by molar-refractivity contribution is 5.84. The van der Waals surface area contributed by atoms with E-state index in [1.54, 1.807) is 6.92 Å². The molecule has 1 amide bonds. The molecule has 0 aliphatic heterocycles. The van der Waals surface area contributed by atoms with Gasteiger partial charge in [-0.3, -0.25) is 4.79 Å². The minimum atomic E-state index is -1.08. The molecule has 0 spiro atoms. The van der Waals surface area contributed by atoms with Gasteiger partial charge in [-0.15, -0.1) is 0 Å². The van der Waals surface area contributed by atoms with Gasteiger partial charge in [0, 0.05) is 6.07 Å². The van der Waals surface area contributed by atoms with Crippen LogP contribution in [0.15, 0.2) is 24.3 Å². The first-order valence-corrected chi connectivity index (χ1v) is 6.34. The largest absolute Gasteiger partial charge is 0.484 e. The van der Waals surface area contributed by atoms with E-state index in [-0.39, 0.29) is 18.3 Å². The van der Waals surface area contributed by atoms with E-state index < -0.39 is 23.7 Å². The number of carbonyl (C=O) groups excluding carboxylic acids is 1. The lowest BCUT2D eigenvalue weighted by atomic mass is 9.99. The van der Waals surface area contributed by atoms with Crippen molar-refractivity contribution in [2.75, 3.05) is 6.61 Å². The molecule has 0 bridgehead atoms. The topological polar surface area (TPSA) is 75.6 Å². The summed E-state index contributed by atoms with van der Waals surface area (Å²) in [6.07, 6.45) is 0.627. The third kappa shape index (κ3) is 4.87. The summed E-state index contributed by atoms with van der Waals surface area (Å²) in [5.41, 5.74) is 0. The van der Waals surface area contributed by atoms with Crippen LogP contribution in [0.3, 0.4) is 0 Å². The molecular weight excluding hydrogens is 265 g/mol. The maximum Gasteiger partial charge on any atom is 0.326 e. The van der Waals surface area contributed by atoms with Crippen LogP contribution in [0.4, 0.5) is 4.39 Å². The molecule has 0 unspecified atom stereocenters. The second-order valence-electron chi connectivity index (χ2n) is 4.52. The van der Waals surface area contributed by atoms with Gasteiger partial charge in [0.15, 0.2) is 6.61 Å². The summed E-state index contributed by atoms with van der Waals surface area (Å²) in [6.45, 7) is 3.23. The van der Waals surface area contributed by atoms with Crippen molar-refractivity contribution in [3.8, 4) is 5.75 Å². The number of aliphatic carboxylic acids is 1. The summed E-state index contributed by atoms with van der Waals surface area (Å²) in [7, 11) is 0. The molecule has 0 aliphatic carbocycles. The second kappa shape index (κ2) is 7.47. The summed E-state index contributed by atoms with van der Waals surface area (Å²) in [4.78, 5) is 22.7. The Kier molecular flexibility index (Phi) is 5.96. The molecule has 110 valence electrons. The molecule has 6 heteroatoms. The Morgan fingerprint density at radius 2 is 2.15 bits per heavy atom. The summed E-state index contributed by atoms with van der Waals surface area (Å²) in [5, 5.41) is 11.4. The number of carboxylic acid groups (broad SMARTS) is 1. The van der Waals surface area contributed by atoms with E-state index in [9.17, 15) is 14.0 Å². The first kappa shape index (κ1) is 15.9. The fraction of sp³-hybridized carbons (Fsp3) is 0.429. The number of hydrogen-bond donors (Lipinski definition) is 2. The number of hydrogen-bond acceptors (Lipinski definition) is 3. The molecule has 20 heavy (non-hydrogen) atoms. The third-order valence-corrected chi connectivity index (χ3v) is 2.96. The summed E-state index contributed by atoms with van der Waals surface area (Å²) in [6, 6.07) is 4.43. The molecule has 1 aromatic rings. The van der Waals surface area contributed by atoms with Crippen molar-refractivity contribution < 1.29 is 23.8 Å². The van der Waals surface area contributed by atoms with Crippen LogP contribution in [0.2, 0.25) is 0 Å². The van der Waals surface area contributed by atoms with Gasteiger partial charge in [-0.25, -0.2) is 9.18 Å². The van der Waals surface area contributed by atoms with E-state index in [0.29, 0.717) is 6.42 Å². The van der Waals surface area contributed by atoms with E-state index in [1.807, 2.05) is 6.92 Å². The number of halogens is 1. The number of amides is 1. The van der Waals surface area contributed by atoms with Crippen LogP contribution in [0.5, 0.6) is 5.75 Å². The van der Waals surface area contributed by atoms with E-state index in [4.69, 9.17) is 9.84 Å². The predicted molar refractivity (Wildman–Crippen MR) is 70.9 cm³/mol. The molecule has 0 saturated heterocycles. The van der Waals surface area contributed by atoms with Gasteiger partial charge >= 0.3 is 5.97 Å². The van der Waals surface area contributed by atoms with Crippen molar-refractivity contribution in [1.82, 2.24) is 5.32 Å². The number of carboxylic acids is 1. The van der Waals surface area contributed by atoms with Gasteiger partial charge < -0.3 is 15.2 Å². The Labute approximate surface area is 116 Å². The fourth-order valence-electron chi connectivity index (χ4n) is 1.60. The minimum Gasteiger partial charge on any atom is -0.484 e. The van der Waals surface area contributed by atoms with Gasteiger partial charge in [-0.1, -0.05) is 26.3 Å². The smallest absolute Gasteiger partial charge is 0.326 e. The van der Waals surface area contributed by atoms with E-state index >= 15 is 0 Å². The van der Waals surface area contributed by atoms with Crippen molar-refractivity contribution in [3.63, 3.8) is 0 Å². The van der Waals surface area contributed by atoms with Crippen molar-refractivity contribution >= 4 is 11.9 Å². The molecule has 0 aromatic heterocycles. The van der Waals surface area contributed by atoms with Gasteiger partial charge in [0.25, 0.3) is 5.91 Å². The van der Waals surface area contributed by atoms with Crippen LogP contribution in [0.25, 0.3) is 0 Å². The van der Waals surface area contributed by atoms with E-state index in [1.165, 1.54) is 18.2 Å². The SMILES string of the molecule is CC[C@H](C)[C@H](NC(=O)COc1cccc(F)c1)C(=O)O. The van der Waals surface area contributed by atoms with Crippen LogP contribution in [0, 0.1) is 11.7 Å². The Bertz CT molecular complexity index is 478. The van der Waals surface area contributed by atoms with E-state index in [2.05, 4.69) is 5.32 Å². The molecule has 2 N–H and O–H groups in total. The molecular formula is C14H18FNO4. The van der Waals surface area contributed by atoms with Gasteiger partial charge in [-0.2, -0.15) is 0 Å². The monoisotopic (exact) mass is 283 g/mol. The summed E-state index contributed by atoms with van der Waals surface area (Å²) >= 11 is 0. The quantitative estimate of drug-likeness (QED) is 0.800. The molecule has 1 aromatic carbocycles. The summed E-state index contributed by atoms with van der Waals surface area (Å²) < 4.78 is 18.0. The number of benzene rings is 1. The lowest BCUT2D eigenvalue weighted by Crippen LogP contribution is -2.46. The van der Waals surface area contributed by atoms with Crippen LogP contribution >= 0.6 is 0 Å². The third-order valence-electron chi connectivity index (χ3n) is 2.96. The molecule has 0 fully saturated rings. The van der Waals surface area contributed by atoms with Crippen LogP contribution < -0.4 is 10.1 Å². The lowest BCUT2D eigenvalue weighted by molar-refractivity contribution is -0.143. The first-order chi connectivity index (χ1) is 9.43. The zero-order valence-electron chi connectivity index (χ0n) is 11.4. The van der Waals surface area contributed by atoms with Crippen LogP contribution in [-0.2, 0) is 9.59 Å².